The predicted octanol–water partition coefficient (Wildman–Crippen LogP) is 1.54. The van der Waals surface area contributed by atoms with E-state index in [4.69, 9.17) is 0 Å². The Bertz CT molecular complexity index is 655. The summed E-state index contributed by atoms with van der Waals surface area (Å²) in [7, 11) is 0. The average Bonchev–Trinajstić information content (AvgIpc) is 2.97. The molecule has 0 aliphatic carbocycles. The van der Waals surface area contributed by atoms with Gasteiger partial charge in [0.15, 0.2) is 0 Å². The van der Waals surface area contributed by atoms with Crippen molar-refractivity contribution >= 4 is 22.5 Å². The van der Waals surface area contributed by atoms with E-state index < -0.39 is 0 Å². The molecule has 1 amide bonds. The van der Waals surface area contributed by atoms with Gasteiger partial charge >= 0.3 is 0 Å². The van der Waals surface area contributed by atoms with Crippen LogP contribution in [-0.2, 0) is 0 Å². The van der Waals surface area contributed by atoms with E-state index in [-0.39, 0.29) is 5.91 Å². The van der Waals surface area contributed by atoms with Gasteiger partial charge in [0.1, 0.15) is 0 Å². The standard InChI is InChI=1S/C11H9N5O/c17-11(15-9-5-12-13-6-9)7-1-2-8-4-14-16-10(8)3-7/h1-6H,(H,12,13)(H,14,16)(H,15,17). The van der Waals surface area contributed by atoms with Crippen molar-refractivity contribution in [2.24, 2.45) is 0 Å². The Morgan fingerprint density at radius 1 is 1.24 bits per heavy atom. The van der Waals surface area contributed by atoms with E-state index in [9.17, 15) is 4.79 Å². The number of benzene rings is 1. The summed E-state index contributed by atoms with van der Waals surface area (Å²) in [4.78, 5) is 11.9. The highest BCUT2D eigenvalue weighted by Gasteiger charge is 2.07. The molecular formula is C11H9N5O. The highest BCUT2D eigenvalue weighted by atomic mass is 16.1. The molecule has 0 aliphatic rings. The zero-order chi connectivity index (χ0) is 11.7. The first-order chi connectivity index (χ1) is 8.33. The lowest BCUT2D eigenvalue weighted by atomic mass is 10.1. The number of rotatable bonds is 2. The van der Waals surface area contributed by atoms with Crippen LogP contribution >= 0.6 is 0 Å². The first-order valence-corrected chi connectivity index (χ1v) is 5.06. The molecule has 0 saturated carbocycles. The molecule has 6 heteroatoms. The van der Waals surface area contributed by atoms with Crippen molar-refractivity contribution in [3.05, 3.63) is 42.4 Å². The number of hydrogen-bond acceptors (Lipinski definition) is 3. The fraction of sp³-hybridized carbons (Fsp3) is 0. The van der Waals surface area contributed by atoms with E-state index in [1.54, 1.807) is 30.7 Å². The van der Waals surface area contributed by atoms with Crippen LogP contribution in [0, 0.1) is 0 Å². The minimum absolute atomic E-state index is 0.178. The van der Waals surface area contributed by atoms with Crippen LogP contribution in [-0.4, -0.2) is 26.3 Å². The molecule has 0 unspecified atom stereocenters. The largest absolute Gasteiger partial charge is 0.319 e. The van der Waals surface area contributed by atoms with Gasteiger partial charge in [-0.3, -0.25) is 15.0 Å². The van der Waals surface area contributed by atoms with Crippen molar-refractivity contribution in [1.82, 2.24) is 20.4 Å². The molecule has 1 aromatic carbocycles. The Balaban J connectivity index is 1.90. The first-order valence-electron chi connectivity index (χ1n) is 5.06. The van der Waals surface area contributed by atoms with Gasteiger partial charge in [-0.15, -0.1) is 0 Å². The van der Waals surface area contributed by atoms with E-state index >= 15 is 0 Å². The zero-order valence-corrected chi connectivity index (χ0v) is 8.77. The van der Waals surface area contributed by atoms with Gasteiger partial charge in [0, 0.05) is 17.1 Å². The molecule has 3 N–H and O–H groups in total. The van der Waals surface area contributed by atoms with Gasteiger partial charge < -0.3 is 5.32 Å². The number of aromatic nitrogens is 4. The van der Waals surface area contributed by atoms with Gasteiger partial charge in [-0.2, -0.15) is 10.2 Å². The Labute approximate surface area is 96.0 Å². The van der Waals surface area contributed by atoms with E-state index in [2.05, 4.69) is 25.7 Å². The number of carbonyl (C=O) groups excluding carboxylic acids is 1. The molecule has 84 valence electrons. The summed E-state index contributed by atoms with van der Waals surface area (Å²) in [6.07, 6.45) is 4.88. The van der Waals surface area contributed by atoms with Crippen LogP contribution < -0.4 is 5.32 Å². The fourth-order valence-corrected chi connectivity index (χ4v) is 1.60. The van der Waals surface area contributed by atoms with Crippen LogP contribution in [0.1, 0.15) is 10.4 Å². The number of nitrogens with zero attached hydrogens (tertiary/aromatic N) is 2. The molecule has 2 aromatic heterocycles. The highest BCUT2D eigenvalue weighted by molar-refractivity contribution is 6.05. The third kappa shape index (κ3) is 1.76. The van der Waals surface area contributed by atoms with Crippen LogP contribution in [0.4, 0.5) is 5.69 Å². The third-order valence-electron chi connectivity index (χ3n) is 2.46. The smallest absolute Gasteiger partial charge is 0.255 e. The SMILES string of the molecule is O=C(Nc1cn[nH]c1)c1ccc2cn[nH]c2c1. The number of aromatic amines is 2. The second-order valence-corrected chi connectivity index (χ2v) is 3.61. The average molecular weight is 227 g/mol. The van der Waals surface area contributed by atoms with Gasteiger partial charge in [0.25, 0.3) is 5.91 Å². The Hall–Kier alpha value is -2.63. The molecule has 0 aliphatic heterocycles. The van der Waals surface area contributed by atoms with E-state index in [1.165, 1.54) is 0 Å². The van der Waals surface area contributed by atoms with Gasteiger partial charge in [-0.25, -0.2) is 0 Å². The van der Waals surface area contributed by atoms with Gasteiger partial charge in [0.05, 0.1) is 23.6 Å². The van der Waals surface area contributed by atoms with Crippen molar-refractivity contribution in [1.29, 1.82) is 0 Å². The lowest BCUT2D eigenvalue weighted by Gasteiger charge is -2.01. The molecule has 2 heterocycles. The van der Waals surface area contributed by atoms with Crippen molar-refractivity contribution in [2.45, 2.75) is 0 Å². The van der Waals surface area contributed by atoms with E-state index in [0.29, 0.717) is 11.3 Å². The van der Waals surface area contributed by atoms with Crippen molar-refractivity contribution in [2.75, 3.05) is 5.32 Å². The summed E-state index contributed by atoms with van der Waals surface area (Å²) in [5, 5.41) is 16.8. The van der Waals surface area contributed by atoms with Crippen molar-refractivity contribution in [3.63, 3.8) is 0 Å². The van der Waals surface area contributed by atoms with Crippen LogP contribution in [0.2, 0.25) is 0 Å². The number of amides is 1. The fourth-order valence-electron chi connectivity index (χ4n) is 1.60. The first kappa shape index (κ1) is 9.59. The Kier molecular flexibility index (Phi) is 2.11. The number of nitrogens with one attached hydrogen (secondary N) is 3. The molecule has 3 aromatic rings. The minimum Gasteiger partial charge on any atom is -0.319 e. The molecule has 0 bridgehead atoms. The number of H-pyrrole nitrogens is 2. The second-order valence-electron chi connectivity index (χ2n) is 3.61. The molecule has 0 saturated heterocycles. The van der Waals surface area contributed by atoms with Crippen molar-refractivity contribution in [3.8, 4) is 0 Å². The summed E-state index contributed by atoms with van der Waals surface area (Å²) in [5.41, 5.74) is 2.05. The molecule has 17 heavy (non-hydrogen) atoms. The maximum absolute atomic E-state index is 11.9. The molecule has 0 atom stereocenters. The molecule has 0 spiro atoms. The Morgan fingerprint density at radius 3 is 3.00 bits per heavy atom. The van der Waals surface area contributed by atoms with Gasteiger partial charge in [0.2, 0.25) is 0 Å². The van der Waals surface area contributed by atoms with Gasteiger partial charge in [-0.1, -0.05) is 6.07 Å². The van der Waals surface area contributed by atoms with Crippen LogP contribution in [0.15, 0.2) is 36.8 Å². The minimum atomic E-state index is -0.178. The van der Waals surface area contributed by atoms with E-state index in [1.807, 2.05) is 6.07 Å². The number of hydrogen-bond donors (Lipinski definition) is 3. The highest BCUT2D eigenvalue weighted by Crippen LogP contribution is 2.14. The van der Waals surface area contributed by atoms with Crippen LogP contribution in [0.25, 0.3) is 10.9 Å². The molecule has 6 nitrogen and oxygen atoms in total. The monoisotopic (exact) mass is 227 g/mol. The zero-order valence-electron chi connectivity index (χ0n) is 8.77. The Morgan fingerprint density at radius 2 is 2.18 bits per heavy atom. The number of carbonyl (C=O) groups is 1. The molecular weight excluding hydrogens is 218 g/mol. The van der Waals surface area contributed by atoms with Crippen LogP contribution in [0.3, 0.4) is 0 Å². The number of fused-ring (bicyclic) bond motifs is 1. The maximum atomic E-state index is 11.9. The second kappa shape index (κ2) is 3.75. The predicted molar refractivity (Wildman–Crippen MR) is 62.6 cm³/mol. The summed E-state index contributed by atoms with van der Waals surface area (Å²) in [6, 6.07) is 5.37. The van der Waals surface area contributed by atoms with E-state index in [0.717, 1.165) is 10.9 Å². The molecule has 0 radical (unpaired) electrons. The summed E-state index contributed by atoms with van der Waals surface area (Å²) >= 11 is 0. The molecule has 0 fully saturated rings. The van der Waals surface area contributed by atoms with Gasteiger partial charge in [-0.05, 0) is 12.1 Å². The van der Waals surface area contributed by atoms with Crippen LogP contribution in [0.5, 0.6) is 0 Å². The normalized spacial score (nSPS) is 10.6. The third-order valence-corrected chi connectivity index (χ3v) is 2.46. The maximum Gasteiger partial charge on any atom is 0.255 e. The summed E-state index contributed by atoms with van der Waals surface area (Å²) in [6.45, 7) is 0. The number of anilines is 1. The summed E-state index contributed by atoms with van der Waals surface area (Å²) in [5.74, 6) is -0.178. The topological polar surface area (TPSA) is 86.5 Å². The summed E-state index contributed by atoms with van der Waals surface area (Å²) < 4.78 is 0. The lowest BCUT2D eigenvalue weighted by Crippen LogP contribution is -2.11. The quantitative estimate of drug-likeness (QED) is 0.620. The lowest BCUT2D eigenvalue weighted by molar-refractivity contribution is 0.102. The van der Waals surface area contributed by atoms with Crippen molar-refractivity contribution < 1.29 is 4.79 Å². The molecule has 3 rings (SSSR count).